The number of hydrogen-bond donors (Lipinski definition) is 0. The zero-order valence-corrected chi connectivity index (χ0v) is 13.7. The van der Waals surface area contributed by atoms with E-state index in [9.17, 15) is 4.79 Å². The highest BCUT2D eigenvalue weighted by atomic mass is 16.5. The van der Waals surface area contributed by atoms with Gasteiger partial charge in [0.15, 0.2) is 5.41 Å². The van der Waals surface area contributed by atoms with Crippen molar-refractivity contribution in [2.24, 2.45) is 0 Å². The van der Waals surface area contributed by atoms with Crippen LogP contribution in [0.5, 0.6) is 5.75 Å². The average Bonchev–Trinajstić information content (AvgIpc) is 2.95. The first-order valence-corrected chi connectivity index (χ1v) is 7.75. The van der Waals surface area contributed by atoms with Crippen LogP contribution in [0.2, 0.25) is 0 Å². The van der Waals surface area contributed by atoms with Crippen molar-refractivity contribution in [3.63, 3.8) is 0 Å². The van der Waals surface area contributed by atoms with Crippen molar-refractivity contribution in [1.29, 1.82) is 0 Å². The van der Waals surface area contributed by atoms with E-state index in [1.54, 1.807) is 0 Å². The summed E-state index contributed by atoms with van der Waals surface area (Å²) in [6.45, 7) is 7.90. The molecule has 0 radical (unpaired) electrons. The SMILES string of the molecule is Cc1ccc2c(c1)OC(=O)C2(C)c1oc2cc(C)ccc2c1C. The van der Waals surface area contributed by atoms with Gasteiger partial charge in [-0.1, -0.05) is 24.3 Å². The number of hydrogen-bond acceptors (Lipinski definition) is 3. The summed E-state index contributed by atoms with van der Waals surface area (Å²) >= 11 is 0. The molecule has 0 fully saturated rings. The maximum absolute atomic E-state index is 12.7. The van der Waals surface area contributed by atoms with E-state index < -0.39 is 5.41 Å². The number of carbonyl (C=O) groups excluding carboxylic acids is 1. The summed E-state index contributed by atoms with van der Waals surface area (Å²) in [5.74, 6) is 1.02. The summed E-state index contributed by atoms with van der Waals surface area (Å²) in [7, 11) is 0. The molecule has 0 aliphatic carbocycles. The second kappa shape index (κ2) is 4.48. The Kier molecular flexibility index (Phi) is 2.74. The molecular formula is C20H18O3. The minimum absolute atomic E-state index is 0.281. The molecule has 4 rings (SSSR count). The molecule has 116 valence electrons. The summed E-state index contributed by atoms with van der Waals surface area (Å²) in [6, 6.07) is 12.0. The molecule has 1 aliphatic rings. The van der Waals surface area contributed by atoms with E-state index in [0.29, 0.717) is 11.5 Å². The van der Waals surface area contributed by atoms with Crippen LogP contribution in [-0.2, 0) is 10.2 Å². The summed E-state index contributed by atoms with van der Waals surface area (Å²) in [5.41, 5.74) is 3.97. The lowest BCUT2D eigenvalue weighted by atomic mass is 9.79. The lowest BCUT2D eigenvalue weighted by Gasteiger charge is -2.18. The van der Waals surface area contributed by atoms with Crippen LogP contribution in [0.4, 0.5) is 0 Å². The zero-order valence-electron chi connectivity index (χ0n) is 13.7. The van der Waals surface area contributed by atoms with Gasteiger partial charge < -0.3 is 9.15 Å². The third kappa shape index (κ3) is 1.79. The quantitative estimate of drug-likeness (QED) is 0.488. The number of carbonyl (C=O) groups is 1. The summed E-state index contributed by atoms with van der Waals surface area (Å²) in [4.78, 5) is 12.7. The molecule has 1 aliphatic heterocycles. The highest BCUT2D eigenvalue weighted by Gasteiger charge is 2.50. The Morgan fingerprint density at radius 1 is 0.957 bits per heavy atom. The average molecular weight is 306 g/mol. The van der Waals surface area contributed by atoms with Gasteiger partial charge in [-0.2, -0.15) is 0 Å². The third-order valence-corrected chi connectivity index (χ3v) is 4.83. The fraction of sp³-hybridized carbons (Fsp3) is 0.250. The van der Waals surface area contributed by atoms with Crippen molar-refractivity contribution >= 4 is 16.9 Å². The lowest BCUT2D eigenvalue weighted by Crippen LogP contribution is -2.31. The number of esters is 1. The Bertz CT molecular complexity index is 964. The predicted molar refractivity (Wildman–Crippen MR) is 89.0 cm³/mol. The monoisotopic (exact) mass is 306 g/mol. The maximum atomic E-state index is 12.7. The van der Waals surface area contributed by atoms with Crippen LogP contribution in [-0.4, -0.2) is 5.97 Å². The number of rotatable bonds is 1. The van der Waals surface area contributed by atoms with Crippen molar-refractivity contribution in [3.05, 3.63) is 64.4 Å². The van der Waals surface area contributed by atoms with Gasteiger partial charge in [0.1, 0.15) is 17.1 Å². The Hall–Kier alpha value is -2.55. The fourth-order valence-corrected chi connectivity index (χ4v) is 3.46. The molecule has 0 amide bonds. The minimum Gasteiger partial charge on any atom is -0.459 e. The van der Waals surface area contributed by atoms with Crippen molar-refractivity contribution in [2.75, 3.05) is 0 Å². The topological polar surface area (TPSA) is 39.4 Å². The molecule has 1 aromatic heterocycles. The molecule has 0 spiro atoms. The largest absolute Gasteiger partial charge is 0.459 e. The molecule has 0 N–H and O–H groups in total. The number of aryl methyl sites for hydroxylation is 3. The van der Waals surface area contributed by atoms with Gasteiger partial charge in [0.25, 0.3) is 0 Å². The first-order chi connectivity index (χ1) is 10.9. The molecule has 0 bridgehead atoms. The molecule has 3 nitrogen and oxygen atoms in total. The first kappa shape index (κ1) is 14.1. The van der Waals surface area contributed by atoms with E-state index in [4.69, 9.17) is 9.15 Å². The molecule has 0 saturated carbocycles. The van der Waals surface area contributed by atoms with E-state index >= 15 is 0 Å². The van der Waals surface area contributed by atoms with Crippen molar-refractivity contribution in [3.8, 4) is 5.75 Å². The van der Waals surface area contributed by atoms with Gasteiger partial charge in [-0.25, -0.2) is 0 Å². The van der Waals surface area contributed by atoms with Crippen LogP contribution in [0, 0.1) is 20.8 Å². The van der Waals surface area contributed by atoms with Crippen molar-refractivity contribution in [2.45, 2.75) is 33.1 Å². The Labute approximate surface area is 134 Å². The van der Waals surface area contributed by atoms with E-state index in [0.717, 1.165) is 33.2 Å². The highest BCUT2D eigenvalue weighted by Crippen LogP contribution is 2.47. The van der Waals surface area contributed by atoms with Crippen LogP contribution in [0.3, 0.4) is 0 Å². The summed E-state index contributed by atoms with van der Waals surface area (Å²) in [6.07, 6.45) is 0. The smallest absolute Gasteiger partial charge is 0.329 e. The predicted octanol–water partition coefficient (Wildman–Crippen LogP) is 4.58. The molecule has 0 saturated heterocycles. The standard InChI is InChI=1S/C20H18O3/c1-11-5-7-14-13(3)18(22-16(14)9-11)20(4)15-8-6-12(2)10-17(15)23-19(20)21/h5-10H,1-4H3. The van der Waals surface area contributed by atoms with Gasteiger partial charge in [-0.3, -0.25) is 4.79 Å². The molecular weight excluding hydrogens is 288 g/mol. The summed E-state index contributed by atoms with van der Waals surface area (Å²) < 4.78 is 11.7. The third-order valence-electron chi connectivity index (χ3n) is 4.83. The molecule has 23 heavy (non-hydrogen) atoms. The van der Waals surface area contributed by atoms with Crippen molar-refractivity contribution in [1.82, 2.24) is 0 Å². The summed E-state index contributed by atoms with van der Waals surface area (Å²) in [5, 5.41) is 1.04. The van der Waals surface area contributed by atoms with Crippen molar-refractivity contribution < 1.29 is 13.9 Å². The fourth-order valence-electron chi connectivity index (χ4n) is 3.46. The Morgan fingerprint density at radius 3 is 2.43 bits per heavy atom. The number of benzene rings is 2. The van der Waals surface area contributed by atoms with E-state index in [2.05, 4.69) is 6.07 Å². The number of ether oxygens (including phenoxy) is 1. The van der Waals surface area contributed by atoms with Crippen LogP contribution < -0.4 is 4.74 Å². The second-order valence-corrected chi connectivity index (χ2v) is 6.57. The van der Waals surface area contributed by atoms with Gasteiger partial charge in [0.2, 0.25) is 0 Å². The van der Waals surface area contributed by atoms with E-state index in [-0.39, 0.29) is 5.97 Å². The number of furan rings is 1. The van der Waals surface area contributed by atoms with Gasteiger partial charge in [0, 0.05) is 10.9 Å². The molecule has 3 aromatic rings. The Balaban J connectivity index is 2.00. The van der Waals surface area contributed by atoms with E-state index in [1.165, 1.54) is 0 Å². The van der Waals surface area contributed by atoms with E-state index in [1.807, 2.05) is 58.0 Å². The van der Waals surface area contributed by atoms with Gasteiger partial charge in [-0.05, 0) is 56.5 Å². The van der Waals surface area contributed by atoms with Crippen LogP contribution >= 0.6 is 0 Å². The molecule has 2 heterocycles. The Morgan fingerprint density at radius 2 is 1.65 bits per heavy atom. The minimum atomic E-state index is -0.903. The number of fused-ring (bicyclic) bond motifs is 2. The maximum Gasteiger partial charge on any atom is 0.329 e. The molecule has 1 atom stereocenters. The van der Waals surface area contributed by atoms with Crippen LogP contribution in [0.1, 0.15) is 34.9 Å². The van der Waals surface area contributed by atoms with Gasteiger partial charge in [-0.15, -0.1) is 0 Å². The second-order valence-electron chi connectivity index (χ2n) is 6.57. The van der Waals surface area contributed by atoms with Crippen LogP contribution in [0.25, 0.3) is 11.0 Å². The molecule has 1 unspecified atom stereocenters. The van der Waals surface area contributed by atoms with Gasteiger partial charge in [0.05, 0.1) is 0 Å². The highest BCUT2D eigenvalue weighted by molar-refractivity contribution is 5.96. The lowest BCUT2D eigenvalue weighted by molar-refractivity contribution is -0.136. The van der Waals surface area contributed by atoms with Gasteiger partial charge >= 0.3 is 5.97 Å². The molecule has 3 heteroatoms. The molecule has 2 aromatic carbocycles. The van der Waals surface area contributed by atoms with Crippen LogP contribution in [0.15, 0.2) is 40.8 Å². The normalized spacial score (nSPS) is 19.9. The first-order valence-electron chi connectivity index (χ1n) is 7.75. The zero-order chi connectivity index (χ0) is 16.4.